The number of carbonyl (C=O) groups is 1. The van der Waals surface area contributed by atoms with Crippen LogP contribution in [0, 0.1) is 0 Å². The second-order valence-electron chi connectivity index (χ2n) is 6.36. The summed E-state index contributed by atoms with van der Waals surface area (Å²) in [6, 6.07) is 7.61. The lowest BCUT2D eigenvalue weighted by Gasteiger charge is -2.14. The zero-order valence-electron chi connectivity index (χ0n) is 17.5. The first-order valence-electron chi connectivity index (χ1n) is 9.06. The molecule has 0 atom stereocenters. The van der Waals surface area contributed by atoms with E-state index in [-0.39, 0.29) is 22.1 Å². The molecule has 1 aromatic heterocycles. The van der Waals surface area contributed by atoms with Crippen molar-refractivity contribution in [3.8, 4) is 17.2 Å². The minimum Gasteiger partial charge on any atom is -0.493 e. The Bertz CT molecular complexity index is 1230. The molecule has 12 heteroatoms. The summed E-state index contributed by atoms with van der Waals surface area (Å²) in [7, 11) is 5.88. The molecule has 1 amide bonds. The van der Waals surface area contributed by atoms with Crippen molar-refractivity contribution in [2.24, 2.45) is 17.3 Å². The summed E-state index contributed by atoms with van der Waals surface area (Å²) in [5, 5.41) is 13.9. The van der Waals surface area contributed by atoms with Gasteiger partial charge in [0.2, 0.25) is 5.75 Å². The van der Waals surface area contributed by atoms with E-state index >= 15 is 0 Å². The normalized spacial score (nSPS) is 10.9. The van der Waals surface area contributed by atoms with Crippen LogP contribution in [-0.2, 0) is 7.05 Å². The number of methoxy groups -OCH3 is 3. The summed E-state index contributed by atoms with van der Waals surface area (Å²) < 4.78 is 17.1. The van der Waals surface area contributed by atoms with Crippen LogP contribution in [0.4, 0.5) is 17.2 Å². The topological polar surface area (TPSA) is 119 Å². The molecule has 0 aliphatic heterocycles. The van der Waals surface area contributed by atoms with Gasteiger partial charge in [0.1, 0.15) is 5.69 Å². The molecule has 3 aromatic rings. The highest BCUT2D eigenvalue weighted by atomic mass is 35.5. The van der Waals surface area contributed by atoms with Gasteiger partial charge in [-0.1, -0.05) is 23.2 Å². The number of ether oxygens (including phenoxy) is 3. The Labute approximate surface area is 192 Å². The van der Waals surface area contributed by atoms with Crippen LogP contribution in [0.1, 0.15) is 10.4 Å². The van der Waals surface area contributed by atoms with E-state index in [9.17, 15) is 9.59 Å². The average Bonchev–Trinajstić information content (AvgIpc) is 3.04. The van der Waals surface area contributed by atoms with Crippen LogP contribution in [0.5, 0.6) is 17.2 Å². The van der Waals surface area contributed by atoms with Crippen molar-refractivity contribution in [2.45, 2.75) is 0 Å². The van der Waals surface area contributed by atoms with Crippen molar-refractivity contribution in [1.29, 1.82) is 0 Å². The Morgan fingerprint density at radius 3 is 2.25 bits per heavy atom. The number of azo groups is 1. The number of nitrogens with zero attached hydrogens (tertiary/aromatic N) is 3. The molecule has 0 saturated carbocycles. The SMILES string of the molecule is COc1cc(C(=O)Nc2c(N=Nc3ccc(Cl)cc3Cl)c(=O)[nH]n2C)cc(OC)c1OC. The Kier molecular flexibility index (Phi) is 7.06. The van der Waals surface area contributed by atoms with Gasteiger partial charge in [-0.3, -0.25) is 19.4 Å². The zero-order valence-corrected chi connectivity index (χ0v) is 19.0. The number of carbonyl (C=O) groups excluding carboxylic acids is 1. The van der Waals surface area contributed by atoms with E-state index in [0.29, 0.717) is 28.0 Å². The number of halogens is 2. The predicted molar refractivity (Wildman–Crippen MR) is 121 cm³/mol. The molecule has 2 N–H and O–H groups in total. The number of hydrogen-bond acceptors (Lipinski definition) is 7. The molecule has 0 fully saturated rings. The summed E-state index contributed by atoms with van der Waals surface area (Å²) >= 11 is 12.0. The average molecular weight is 480 g/mol. The lowest BCUT2D eigenvalue weighted by atomic mass is 10.1. The summed E-state index contributed by atoms with van der Waals surface area (Å²) in [5.41, 5.74) is -0.154. The maximum Gasteiger partial charge on any atom is 0.294 e. The molecule has 2 aromatic carbocycles. The molecular weight excluding hydrogens is 461 g/mol. The number of nitrogens with one attached hydrogen (secondary N) is 2. The van der Waals surface area contributed by atoms with Crippen LogP contribution >= 0.6 is 23.2 Å². The van der Waals surface area contributed by atoms with Gasteiger partial charge < -0.3 is 19.5 Å². The van der Waals surface area contributed by atoms with E-state index in [2.05, 4.69) is 20.6 Å². The molecule has 0 aliphatic carbocycles. The first-order valence-corrected chi connectivity index (χ1v) is 9.81. The third-order valence-electron chi connectivity index (χ3n) is 4.37. The standard InChI is InChI=1S/C20H19Cl2N5O5/c1-27-18(16(20(29)26-27)25-24-13-6-5-11(21)9-12(13)22)23-19(28)10-7-14(30-2)17(32-4)15(8-10)31-3/h5-9H,1-4H3,(H,23,28)(H,26,29). The summed E-state index contributed by atoms with van der Waals surface area (Å²) in [5.74, 6) is 0.506. The van der Waals surface area contributed by atoms with Crippen molar-refractivity contribution in [2.75, 3.05) is 26.6 Å². The van der Waals surface area contributed by atoms with Gasteiger partial charge >= 0.3 is 0 Å². The van der Waals surface area contributed by atoms with Gasteiger partial charge in [0.15, 0.2) is 23.0 Å². The van der Waals surface area contributed by atoms with E-state index in [1.807, 2.05) is 0 Å². The summed E-state index contributed by atoms with van der Waals surface area (Å²) in [4.78, 5) is 25.3. The number of aromatic amines is 1. The van der Waals surface area contributed by atoms with Crippen LogP contribution < -0.4 is 25.1 Å². The zero-order chi connectivity index (χ0) is 23.4. The Morgan fingerprint density at radius 1 is 1.03 bits per heavy atom. The van der Waals surface area contributed by atoms with Crippen LogP contribution in [0.2, 0.25) is 10.0 Å². The molecule has 0 aliphatic rings. The van der Waals surface area contributed by atoms with Gasteiger partial charge in [0.25, 0.3) is 11.5 Å². The fraction of sp³-hybridized carbons (Fsp3) is 0.200. The minimum absolute atomic E-state index is 0.0996. The highest BCUT2D eigenvalue weighted by molar-refractivity contribution is 6.36. The summed E-state index contributed by atoms with van der Waals surface area (Å²) in [6.07, 6.45) is 0. The number of aromatic nitrogens is 2. The highest BCUT2D eigenvalue weighted by Crippen LogP contribution is 2.38. The third-order valence-corrected chi connectivity index (χ3v) is 4.91. The molecule has 0 unspecified atom stereocenters. The number of aryl methyl sites for hydroxylation is 1. The van der Waals surface area contributed by atoms with E-state index in [0.717, 1.165) is 0 Å². The maximum atomic E-state index is 12.9. The van der Waals surface area contributed by atoms with E-state index in [1.54, 1.807) is 19.2 Å². The molecule has 0 saturated heterocycles. The second kappa shape index (κ2) is 9.75. The molecule has 0 radical (unpaired) electrons. The number of H-pyrrole nitrogens is 1. The Balaban J connectivity index is 1.96. The fourth-order valence-electron chi connectivity index (χ4n) is 2.82. The molecule has 10 nitrogen and oxygen atoms in total. The van der Waals surface area contributed by atoms with Crippen molar-refractivity contribution in [1.82, 2.24) is 9.78 Å². The van der Waals surface area contributed by atoms with Crippen molar-refractivity contribution in [3.63, 3.8) is 0 Å². The number of anilines is 1. The first-order chi connectivity index (χ1) is 15.3. The monoisotopic (exact) mass is 479 g/mol. The third kappa shape index (κ3) is 4.71. The number of rotatable bonds is 7. The lowest BCUT2D eigenvalue weighted by molar-refractivity contribution is 0.102. The van der Waals surface area contributed by atoms with Crippen molar-refractivity contribution < 1.29 is 19.0 Å². The van der Waals surface area contributed by atoms with Gasteiger partial charge in [-0.25, -0.2) is 0 Å². The largest absolute Gasteiger partial charge is 0.493 e. The van der Waals surface area contributed by atoms with Crippen LogP contribution in [-0.4, -0.2) is 37.0 Å². The highest BCUT2D eigenvalue weighted by Gasteiger charge is 2.20. The Hall–Kier alpha value is -3.50. The van der Waals surface area contributed by atoms with Gasteiger partial charge in [0, 0.05) is 17.6 Å². The lowest BCUT2D eigenvalue weighted by Crippen LogP contribution is -2.15. The smallest absolute Gasteiger partial charge is 0.294 e. The second-order valence-corrected chi connectivity index (χ2v) is 7.20. The molecule has 32 heavy (non-hydrogen) atoms. The Morgan fingerprint density at radius 2 is 1.69 bits per heavy atom. The molecule has 168 valence electrons. The maximum absolute atomic E-state index is 12.9. The number of amides is 1. The van der Waals surface area contributed by atoms with Crippen LogP contribution in [0.3, 0.4) is 0 Å². The van der Waals surface area contributed by atoms with Gasteiger partial charge in [-0.2, -0.15) is 0 Å². The van der Waals surface area contributed by atoms with Crippen molar-refractivity contribution >= 4 is 46.3 Å². The minimum atomic E-state index is -0.554. The molecule has 0 spiro atoms. The predicted octanol–water partition coefficient (Wildman–Crippen LogP) is 4.71. The number of hydrogen-bond donors (Lipinski definition) is 2. The molecule has 3 rings (SSSR count). The number of benzene rings is 2. The van der Waals surface area contributed by atoms with Crippen molar-refractivity contribution in [3.05, 3.63) is 56.3 Å². The fourth-order valence-corrected chi connectivity index (χ4v) is 3.27. The molecular formula is C20H19Cl2N5O5. The van der Waals surface area contributed by atoms with Gasteiger partial charge in [-0.05, 0) is 30.3 Å². The van der Waals surface area contributed by atoms with E-state index in [1.165, 1.54) is 44.2 Å². The van der Waals surface area contributed by atoms with E-state index in [4.69, 9.17) is 37.4 Å². The van der Waals surface area contributed by atoms with E-state index < -0.39 is 11.5 Å². The first kappa shape index (κ1) is 23.2. The summed E-state index contributed by atoms with van der Waals surface area (Å²) in [6.45, 7) is 0. The van der Waals surface area contributed by atoms with Crippen LogP contribution in [0.15, 0.2) is 45.4 Å². The van der Waals surface area contributed by atoms with Gasteiger partial charge in [0.05, 0.1) is 26.4 Å². The molecule has 0 bridgehead atoms. The van der Waals surface area contributed by atoms with Crippen LogP contribution in [0.25, 0.3) is 0 Å². The molecule has 1 heterocycles. The quantitative estimate of drug-likeness (QED) is 0.475. The van der Waals surface area contributed by atoms with Gasteiger partial charge in [-0.15, -0.1) is 10.2 Å².